The van der Waals surface area contributed by atoms with Crippen molar-refractivity contribution in [3.63, 3.8) is 0 Å². The Morgan fingerprint density at radius 3 is 2.42 bits per heavy atom. The summed E-state index contributed by atoms with van der Waals surface area (Å²) in [4.78, 5) is 12.4. The molecule has 0 bridgehead atoms. The number of nitrogens with two attached hydrogens (primary N) is 1. The van der Waals surface area contributed by atoms with Gasteiger partial charge >= 0.3 is 6.01 Å². The van der Waals surface area contributed by atoms with Crippen molar-refractivity contribution in [2.45, 2.75) is 0 Å². The lowest BCUT2D eigenvalue weighted by Gasteiger charge is -2.11. The maximum absolute atomic E-state index is 9.76. The van der Waals surface area contributed by atoms with E-state index < -0.39 is 0 Å². The van der Waals surface area contributed by atoms with Crippen LogP contribution in [0.15, 0.2) is 36.7 Å². The number of rotatable bonds is 4. The summed E-state index contributed by atoms with van der Waals surface area (Å²) in [5, 5.41) is 19.2. The molecule has 0 fully saturated rings. The summed E-state index contributed by atoms with van der Waals surface area (Å²) in [5.74, 6) is 0.408. The summed E-state index contributed by atoms with van der Waals surface area (Å²) < 4.78 is 10.1. The lowest BCUT2D eigenvalue weighted by molar-refractivity contribution is 0.373. The standard InChI is InChI=1S/C18H15N5O3/c1-25-16-5-10(3-4-15(16)24)14-6-12(13(7-19)17(20)23-14)11-8-21-18(26-2)22-9-11/h3-6,8-9,24H,1-2H3,(H2,20,23). The zero-order chi connectivity index (χ0) is 18.7. The number of hydrogen-bond acceptors (Lipinski definition) is 8. The molecular formula is C18H15N5O3. The van der Waals surface area contributed by atoms with Crippen molar-refractivity contribution < 1.29 is 14.6 Å². The molecule has 2 heterocycles. The molecule has 0 aliphatic carbocycles. The van der Waals surface area contributed by atoms with Gasteiger partial charge in [0.1, 0.15) is 17.5 Å². The van der Waals surface area contributed by atoms with E-state index in [1.165, 1.54) is 20.3 Å². The molecular weight excluding hydrogens is 334 g/mol. The van der Waals surface area contributed by atoms with Gasteiger partial charge in [0.25, 0.3) is 0 Å². The van der Waals surface area contributed by atoms with Gasteiger partial charge in [0.05, 0.1) is 19.9 Å². The molecule has 1 aromatic carbocycles. The molecule has 0 unspecified atom stereocenters. The summed E-state index contributed by atoms with van der Waals surface area (Å²) in [6.07, 6.45) is 3.09. The quantitative estimate of drug-likeness (QED) is 0.735. The largest absolute Gasteiger partial charge is 0.504 e. The lowest BCUT2D eigenvalue weighted by Crippen LogP contribution is -2.01. The van der Waals surface area contributed by atoms with E-state index in [0.29, 0.717) is 28.1 Å². The first kappa shape index (κ1) is 17.0. The van der Waals surface area contributed by atoms with Gasteiger partial charge in [-0.05, 0) is 24.3 Å². The fraction of sp³-hybridized carbons (Fsp3) is 0.111. The number of pyridine rings is 1. The number of methoxy groups -OCH3 is 2. The molecule has 3 rings (SSSR count). The van der Waals surface area contributed by atoms with Gasteiger partial charge in [-0.25, -0.2) is 15.0 Å². The topological polar surface area (TPSA) is 127 Å². The van der Waals surface area contributed by atoms with Gasteiger partial charge in [-0.15, -0.1) is 0 Å². The van der Waals surface area contributed by atoms with Crippen LogP contribution in [0.3, 0.4) is 0 Å². The fourth-order valence-electron chi connectivity index (χ4n) is 2.46. The number of nitriles is 1. The highest BCUT2D eigenvalue weighted by molar-refractivity contribution is 5.80. The summed E-state index contributed by atoms with van der Waals surface area (Å²) in [6, 6.07) is 8.81. The van der Waals surface area contributed by atoms with E-state index in [1.54, 1.807) is 30.6 Å². The molecule has 130 valence electrons. The van der Waals surface area contributed by atoms with Crippen LogP contribution in [0.4, 0.5) is 5.82 Å². The van der Waals surface area contributed by atoms with Crippen molar-refractivity contribution in [1.82, 2.24) is 15.0 Å². The number of hydrogen-bond donors (Lipinski definition) is 2. The Kier molecular flexibility index (Phi) is 4.53. The van der Waals surface area contributed by atoms with Gasteiger partial charge in [-0.3, -0.25) is 0 Å². The van der Waals surface area contributed by atoms with Crippen molar-refractivity contribution in [3.8, 4) is 46.0 Å². The molecule has 2 aromatic heterocycles. The summed E-state index contributed by atoms with van der Waals surface area (Å²) in [6.45, 7) is 0. The Hall–Kier alpha value is -3.86. The molecule has 0 radical (unpaired) electrons. The maximum Gasteiger partial charge on any atom is 0.316 e. The minimum atomic E-state index is 0.0154. The van der Waals surface area contributed by atoms with Gasteiger partial charge in [0, 0.05) is 29.1 Å². The number of ether oxygens (including phenoxy) is 2. The van der Waals surface area contributed by atoms with Gasteiger partial charge in [-0.1, -0.05) is 0 Å². The van der Waals surface area contributed by atoms with Crippen LogP contribution >= 0.6 is 0 Å². The van der Waals surface area contributed by atoms with Crippen LogP contribution in [-0.4, -0.2) is 34.3 Å². The van der Waals surface area contributed by atoms with E-state index in [4.69, 9.17) is 15.2 Å². The second-order valence-corrected chi connectivity index (χ2v) is 5.27. The van der Waals surface area contributed by atoms with Crippen LogP contribution in [0, 0.1) is 11.3 Å². The number of benzene rings is 1. The van der Waals surface area contributed by atoms with Gasteiger partial charge < -0.3 is 20.3 Å². The van der Waals surface area contributed by atoms with Gasteiger partial charge in [0.15, 0.2) is 11.5 Å². The number of aromatic hydroxyl groups is 1. The molecule has 3 N–H and O–H groups in total. The third-order valence-electron chi connectivity index (χ3n) is 3.76. The molecule has 0 saturated heterocycles. The zero-order valence-electron chi connectivity index (χ0n) is 14.1. The molecule has 26 heavy (non-hydrogen) atoms. The molecule has 0 atom stereocenters. The van der Waals surface area contributed by atoms with Crippen LogP contribution in [0.1, 0.15) is 5.56 Å². The third kappa shape index (κ3) is 3.06. The Morgan fingerprint density at radius 2 is 1.81 bits per heavy atom. The molecule has 0 aliphatic rings. The van der Waals surface area contributed by atoms with E-state index in [0.717, 1.165) is 0 Å². The van der Waals surface area contributed by atoms with E-state index >= 15 is 0 Å². The monoisotopic (exact) mass is 349 g/mol. The Labute approximate surface area is 149 Å². The number of anilines is 1. The van der Waals surface area contributed by atoms with Crippen LogP contribution in [0.25, 0.3) is 22.4 Å². The Bertz CT molecular complexity index is 997. The molecule has 0 aliphatic heterocycles. The highest BCUT2D eigenvalue weighted by Crippen LogP contribution is 2.34. The molecule has 8 nitrogen and oxygen atoms in total. The molecule has 8 heteroatoms. The molecule has 0 amide bonds. The van der Waals surface area contributed by atoms with Crippen molar-refractivity contribution in [1.29, 1.82) is 5.26 Å². The minimum absolute atomic E-state index is 0.0154. The zero-order valence-corrected chi connectivity index (χ0v) is 14.1. The van der Waals surface area contributed by atoms with Crippen molar-refractivity contribution in [2.24, 2.45) is 0 Å². The first-order chi connectivity index (χ1) is 12.6. The van der Waals surface area contributed by atoms with Crippen molar-refractivity contribution in [3.05, 3.63) is 42.2 Å². The average Bonchev–Trinajstić information content (AvgIpc) is 2.67. The third-order valence-corrected chi connectivity index (χ3v) is 3.76. The number of aromatic nitrogens is 3. The lowest BCUT2D eigenvalue weighted by atomic mass is 10.0. The summed E-state index contributed by atoms with van der Waals surface area (Å²) in [7, 11) is 2.93. The van der Waals surface area contributed by atoms with Gasteiger partial charge in [-0.2, -0.15) is 5.26 Å². The molecule has 0 spiro atoms. The minimum Gasteiger partial charge on any atom is -0.504 e. The first-order valence-electron chi connectivity index (χ1n) is 7.51. The fourth-order valence-corrected chi connectivity index (χ4v) is 2.46. The first-order valence-corrected chi connectivity index (χ1v) is 7.51. The second-order valence-electron chi connectivity index (χ2n) is 5.27. The SMILES string of the molecule is COc1ncc(-c2cc(-c3ccc(O)c(OC)c3)nc(N)c2C#N)cn1. The van der Waals surface area contributed by atoms with Crippen molar-refractivity contribution >= 4 is 5.82 Å². The number of nitrogen functional groups attached to an aromatic ring is 1. The van der Waals surface area contributed by atoms with Crippen LogP contribution in [0.2, 0.25) is 0 Å². The predicted molar refractivity (Wildman–Crippen MR) is 94.6 cm³/mol. The number of phenolic OH excluding ortho intramolecular Hbond substituents is 1. The highest BCUT2D eigenvalue weighted by Gasteiger charge is 2.15. The van der Waals surface area contributed by atoms with E-state index in [1.807, 2.05) is 0 Å². The predicted octanol–water partition coefficient (Wildman–Crippen LogP) is 2.38. The number of nitrogens with zero attached hydrogens (tertiary/aromatic N) is 4. The molecule has 0 saturated carbocycles. The normalized spacial score (nSPS) is 10.2. The van der Waals surface area contributed by atoms with Crippen molar-refractivity contribution in [2.75, 3.05) is 20.0 Å². The average molecular weight is 349 g/mol. The molecule has 3 aromatic rings. The Balaban J connectivity index is 2.17. The number of phenols is 1. The van der Waals surface area contributed by atoms with E-state index in [-0.39, 0.29) is 23.1 Å². The smallest absolute Gasteiger partial charge is 0.316 e. The maximum atomic E-state index is 9.76. The highest BCUT2D eigenvalue weighted by atomic mass is 16.5. The summed E-state index contributed by atoms with van der Waals surface area (Å²) >= 11 is 0. The van der Waals surface area contributed by atoms with E-state index in [9.17, 15) is 10.4 Å². The van der Waals surface area contributed by atoms with E-state index in [2.05, 4.69) is 21.0 Å². The van der Waals surface area contributed by atoms with Crippen LogP contribution < -0.4 is 15.2 Å². The van der Waals surface area contributed by atoms with Crippen LogP contribution in [-0.2, 0) is 0 Å². The second kappa shape index (κ2) is 6.94. The summed E-state index contributed by atoms with van der Waals surface area (Å²) in [5.41, 5.74) is 8.55. The Morgan fingerprint density at radius 1 is 1.08 bits per heavy atom. The van der Waals surface area contributed by atoms with Crippen LogP contribution in [0.5, 0.6) is 17.5 Å². The van der Waals surface area contributed by atoms with Gasteiger partial charge in [0.2, 0.25) is 0 Å².